The van der Waals surface area contributed by atoms with Crippen LogP contribution < -0.4 is 4.74 Å². The average Bonchev–Trinajstić information content (AvgIpc) is 2.28. The molecule has 2 rings (SSSR count). The van der Waals surface area contributed by atoms with Crippen LogP contribution in [0.15, 0.2) is 30.3 Å². The zero-order valence-electron chi connectivity index (χ0n) is 9.15. The number of ether oxygens (including phenoxy) is 1. The normalized spacial score (nSPS) is 10.1. The Morgan fingerprint density at radius 1 is 1.31 bits per heavy atom. The molecule has 16 heavy (non-hydrogen) atoms. The van der Waals surface area contributed by atoms with E-state index in [4.69, 9.17) is 17.0 Å². The fraction of sp³-hybridized carbons (Fsp3) is 0.167. The van der Waals surface area contributed by atoms with Crippen molar-refractivity contribution in [1.82, 2.24) is 9.97 Å². The number of rotatable bonds is 2. The van der Waals surface area contributed by atoms with Gasteiger partial charge in [-0.05, 0) is 25.1 Å². The first-order valence-corrected chi connectivity index (χ1v) is 5.32. The van der Waals surface area contributed by atoms with Gasteiger partial charge in [-0.25, -0.2) is 4.98 Å². The van der Waals surface area contributed by atoms with E-state index in [2.05, 4.69) is 9.97 Å². The Morgan fingerprint density at radius 2 is 2.12 bits per heavy atom. The molecule has 0 bridgehead atoms. The number of methoxy groups -OCH3 is 1. The zero-order valence-corrected chi connectivity index (χ0v) is 9.97. The van der Waals surface area contributed by atoms with Crippen LogP contribution in [-0.2, 0) is 0 Å². The molecule has 0 saturated carbocycles. The Kier molecular flexibility index (Phi) is 3.01. The molecule has 0 spiro atoms. The third kappa shape index (κ3) is 2.28. The molecule has 0 aliphatic rings. The molecule has 1 aromatic heterocycles. The van der Waals surface area contributed by atoms with Crippen LogP contribution in [0.2, 0.25) is 0 Å². The molecule has 82 valence electrons. The quantitative estimate of drug-likeness (QED) is 0.808. The van der Waals surface area contributed by atoms with E-state index in [0.29, 0.717) is 4.64 Å². The van der Waals surface area contributed by atoms with Gasteiger partial charge in [0.25, 0.3) is 0 Å². The maximum absolute atomic E-state index is 5.18. The third-order valence-corrected chi connectivity index (χ3v) is 2.45. The number of benzene rings is 1. The molecule has 0 amide bonds. The Hall–Kier alpha value is -1.68. The van der Waals surface area contributed by atoms with E-state index in [1.165, 1.54) is 0 Å². The topological polar surface area (TPSA) is 37.9 Å². The Bertz CT molecular complexity index is 563. The lowest BCUT2D eigenvalue weighted by Crippen LogP contribution is -1.91. The SMILES string of the molecule is COc1cccc(-c2cc(=S)nc(C)[nH]2)c1. The van der Waals surface area contributed by atoms with Crippen LogP contribution in [0.25, 0.3) is 11.3 Å². The summed E-state index contributed by atoms with van der Waals surface area (Å²) in [6, 6.07) is 9.66. The van der Waals surface area contributed by atoms with Gasteiger partial charge in [-0.1, -0.05) is 24.4 Å². The third-order valence-electron chi connectivity index (χ3n) is 2.24. The van der Waals surface area contributed by atoms with Crippen molar-refractivity contribution < 1.29 is 4.74 Å². The second-order valence-corrected chi connectivity index (χ2v) is 3.87. The summed E-state index contributed by atoms with van der Waals surface area (Å²) in [5.41, 5.74) is 1.99. The van der Waals surface area contributed by atoms with Gasteiger partial charge in [0, 0.05) is 11.3 Å². The van der Waals surface area contributed by atoms with Crippen LogP contribution in [0.4, 0.5) is 0 Å². The fourth-order valence-corrected chi connectivity index (χ4v) is 1.78. The molecule has 0 aliphatic carbocycles. The summed E-state index contributed by atoms with van der Waals surface area (Å²) in [5.74, 6) is 1.64. The molecule has 0 unspecified atom stereocenters. The van der Waals surface area contributed by atoms with Crippen molar-refractivity contribution in [3.63, 3.8) is 0 Å². The van der Waals surface area contributed by atoms with Gasteiger partial charge in [-0.2, -0.15) is 0 Å². The maximum atomic E-state index is 5.18. The number of aromatic nitrogens is 2. The number of aromatic amines is 1. The predicted molar refractivity (Wildman–Crippen MR) is 66.1 cm³/mol. The first-order chi connectivity index (χ1) is 7.69. The van der Waals surface area contributed by atoms with Crippen molar-refractivity contribution in [2.75, 3.05) is 7.11 Å². The number of aryl methyl sites for hydroxylation is 1. The van der Waals surface area contributed by atoms with Crippen LogP contribution in [0.1, 0.15) is 5.82 Å². The van der Waals surface area contributed by atoms with Gasteiger partial charge < -0.3 is 9.72 Å². The highest BCUT2D eigenvalue weighted by Crippen LogP contribution is 2.21. The van der Waals surface area contributed by atoms with E-state index in [-0.39, 0.29) is 0 Å². The highest BCUT2D eigenvalue weighted by atomic mass is 32.1. The van der Waals surface area contributed by atoms with Gasteiger partial charge in [0.05, 0.1) is 7.11 Å². The van der Waals surface area contributed by atoms with Crippen LogP contribution in [0, 0.1) is 11.6 Å². The number of nitrogens with one attached hydrogen (secondary N) is 1. The Balaban J connectivity index is 2.53. The summed E-state index contributed by atoms with van der Waals surface area (Å²) in [6.45, 7) is 1.89. The summed E-state index contributed by atoms with van der Waals surface area (Å²) in [7, 11) is 1.65. The Labute approximate surface area is 99.1 Å². The number of hydrogen-bond acceptors (Lipinski definition) is 3. The average molecular weight is 232 g/mol. The van der Waals surface area contributed by atoms with Crippen LogP contribution in [0.3, 0.4) is 0 Å². The lowest BCUT2D eigenvalue weighted by atomic mass is 10.1. The number of hydrogen-bond donors (Lipinski definition) is 1. The van der Waals surface area contributed by atoms with Crippen LogP contribution in [-0.4, -0.2) is 17.1 Å². The van der Waals surface area contributed by atoms with Gasteiger partial charge in [0.1, 0.15) is 16.2 Å². The van der Waals surface area contributed by atoms with Gasteiger partial charge >= 0.3 is 0 Å². The van der Waals surface area contributed by atoms with E-state index in [1.54, 1.807) is 7.11 Å². The molecule has 0 aliphatic heterocycles. The van der Waals surface area contributed by atoms with E-state index >= 15 is 0 Å². The van der Waals surface area contributed by atoms with Crippen LogP contribution >= 0.6 is 12.2 Å². The van der Waals surface area contributed by atoms with Crippen molar-refractivity contribution in [3.8, 4) is 17.0 Å². The molecule has 0 saturated heterocycles. The summed E-state index contributed by atoms with van der Waals surface area (Å²) in [5, 5.41) is 0. The van der Waals surface area contributed by atoms with Gasteiger partial charge in [-0.3, -0.25) is 0 Å². The first kappa shape index (κ1) is 10.8. The van der Waals surface area contributed by atoms with Gasteiger partial charge in [0.15, 0.2) is 0 Å². The zero-order chi connectivity index (χ0) is 11.5. The monoisotopic (exact) mass is 232 g/mol. The largest absolute Gasteiger partial charge is 0.497 e. The van der Waals surface area contributed by atoms with E-state index in [1.807, 2.05) is 37.3 Å². The number of H-pyrrole nitrogens is 1. The van der Waals surface area contributed by atoms with Gasteiger partial charge in [-0.15, -0.1) is 0 Å². The second kappa shape index (κ2) is 4.45. The summed E-state index contributed by atoms with van der Waals surface area (Å²) < 4.78 is 5.77. The van der Waals surface area contributed by atoms with Crippen molar-refractivity contribution in [2.45, 2.75) is 6.92 Å². The molecule has 0 fully saturated rings. The molecule has 3 nitrogen and oxygen atoms in total. The second-order valence-electron chi connectivity index (χ2n) is 3.45. The van der Waals surface area contributed by atoms with Crippen molar-refractivity contribution >= 4 is 12.2 Å². The minimum absolute atomic E-state index is 0.592. The molecule has 1 aromatic carbocycles. The van der Waals surface area contributed by atoms with Crippen molar-refractivity contribution in [1.29, 1.82) is 0 Å². The highest BCUT2D eigenvalue weighted by Gasteiger charge is 2.01. The molecule has 1 heterocycles. The molecule has 4 heteroatoms. The first-order valence-electron chi connectivity index (χ1n) is 4.91. The molecular weight excluding hydrogens is 220 g/mol. The van der Waals surface area contributed by atoms with E-state index in [9.17, 15) is 0 Å². The standard InChI is InChI=1S/C12H12N2OS/c1-8-13-11(7-12(16)14-8)9-4-3-5-10(6-9)15-2/h3-7H,1-2H3,(H,13,14,16). The maximum Gasteiger partial charge on any atom is 0.130 e. The minimum Gasteiger partial charge on any atom is -0.497 e. The van der Waals surface area contributed by atoms with Crippen molar-refractivity contribution in [3.05, 3.63) is 40.8 Å². The number of nitrogens with zero attached hydrogens (tertiary/aromatic N) is 1. The lowest BCUT2D eigenvalue weighted by Gasteiger charge is -2.05. The Morgan fingerprint density at radius 3 is 2.81 bits per heavy atom. The molecule has 0 radical (unpaired) electrons. The van der Waals surface area contributed by atoms with Crippen LogP contribution in [0.5, 0.6) is 5.75 Å². The summed E-state index contributed by atoms with van der Waals surface area (Å²) in [4.78, 5) is 7.31. The highest BCUT2D eigenvalue weighted by molar-refractivity contribution is 7.71. The van der Waals surface area contributed by atoms with Gasteiger partial charge in [0.2, 0.25) is 0 Å². The molecular formula is C12H12N2OS. The smallest absolute Gasteiger partial charge is 0.130 e. The predicted octanol–water partition coefficient (Wildman–Crippen LogP) is 3.12. The fourth-order valence-electron chi connectivity index (χ4n) is 1.53. The molecule has 2 aromatic rings. The minimum atomic E-state index is 0.592. The van der Waals surface area contributed by atoms with E-state index in [0.717, 1.165) is 22.8 Å². The molecule has 0 atom stereocenters. The summed E-state index contributed by atoms with van der Waals surface area (Å²) in [6.07, 6.45) is 0. The lowest BCUT2D eigenvalue weighted by molar-refractivity contribution is 0.415. The van der Waals surface area contributed by atoms with E-state index < -0.39 is 0 Å². The molecule has 1 N–H and O–H groups in total. The van der Waals surface area contributed by atoms with Crippen molar-refractivity contribution in [2.24, 2.45) is 0 Å². The summed E-state index contributed by atoms with van der Waals surface area (Å²) >= 11 is 5.09.